The Balaban J connectivity index is 1.65. The van der Waals surface area contributed by atoms with Gasteiger partial charge in [0.25, 0.3) is 0 Å². The highest BCUT2D eigenvalue weighted by Crippen LogP contribution is 2.28. The van der Waals surface area contributed by atoms with Crippen molar-refractivity contribution in [3.8, 4) is 5.75 Å². The third-order valence-electron chi connectivity index (χ3n) is 4.19. The number of aromatic nitrogens is 2. The van der Waals surface area contributed by atoms with Gasteiger partial charge in [-0.15, -0.1) is 0 Å². The third kappa shape index (κ3) is 4.10. The van der Waals surface area contributed by atoms with Gasteiger partial charge in [0, 0.05) is 36.5 Å². The van der Waals surface area contributed by atoms with Crippen molar-refractivity contribution in [2.75, 3.05) is 19.7 Å². The first kappa shape index (κ1) is 15.6. The minimum Gasteiger partial charge on any atom is -0.482 e. The zero-order valence-electron chi connectivity index (χ0n) is 12.9. The Hall–Kier alpha value is -2.34. The number of rotatable bonds is 6. The van der Waals surface area contributed by atoms with Crippen LogP contribution in [0.15, 0.2) is 36.5 Å². The van der Waals surface area contributed by atoms with E-state index in [1.807, 2.05) is 30.3 Å². The number of carbonyl (C=O) groups is 1. The predicted molar refractivity (Wildman–Crippen MR) is 85.4 cm³/mol. The van der Waals surface area contributed by atoms with E-state index < -0.39 is 5.97 Å². The number of nitrogens with zero attached hydrogens (tertiary/aromatic N) is 2. The molecule has 0 radical (unpaired) electrons. The molecule has 2 heterocycles. The lowest BCUT2D eigenvalue weighted by Crippen LogP contribution is -2.34. The quantitative estimate of drug-likeness (QED) is 0.855. The second-order valence-electron chi connectivity index (χ2n) is 5.88. The van der Waals surface area contributed by atoms with Gasteiger partial charge in [-0.1, -0.05) is 18.2 Å². The van der Waals surface area contributed by atoms with Crippen molar-refractivity contribution in [1.82, 2.24) is 15.1 Å². The van der Waals surface area contributed by atoms with Gasteiger partial charge in [0.2, 0.25) is 0 Å². The van der Waals surface area contributed by atoms with Crippen LogP contribution < -0.4 is 4.74 Å². The number of aliphatic carboxylic acids is 1. The molecule has 1 aromatic carbocycles. The molecule has 6 heteroatoms. The summed E-state index contributed by atoms with van der Waals surface area (Å²) < 4.78 is 5.40. The summed E-state index contributed by atoms with van der Waals surface area (Å²) in [4.78, 5) is 13.1. The van der Waals surface area contributed by atoms with E-state index in [2.05, 4.69) is 15.1 Å². The van der Waals surface area contributed by atoms with Crippen molar-refractivity contribution in [1.29, 1.82) is 0 Å². The molecule has 6 nitrogen and oxygen atoms in total. The van der Waals surface area contributed by atoms with E-state index in [0.29, 0.717) is 11.7 Å². The molecule has 23 heavy (non-hydrogen) atoms. The standard InChI is InChI=1S/C17H21N3O3/c21-17(22)12-23-16-6-2-1-4-14(16)11-20-9-3-5-13(10-20)15-7-8-18-19-15/h1-2,4,6-8,13H,3,5,9-12H2,(H,18,19)(H,21,22). The van der Waals surface area contributed by atoms with E-state index in [1.54, 1.807) is 6.20 Å². The van der Waals surface area contributed by atoms with E-state index in [0.717, 1.165) is 38.0 Å². The molecule has 2 aromatic rings. The molecule has 1 fully saturated rings. The lowest BCUT2D eigenvalue weighted by atomic mass is 9.94. The average Bonchev–Trinajstić information content (AvgIpc) is 3.09. The number of nitrogens with one attached hydrogen (secondary N) is 1. The van der Waals surface area contributed by atoms with Crippen LogP contribution in [0.1, 0.15) is 30.0 Å². The molecule has 2 N–H and O–H groups in total. The molecule has 1 aliphatic heterocycles. The maximum absolute atomic E-state index is 10.7. The zero-order valence-corrected chi connectivity index (χ0v) is 12.9. The molecule has 1 aliphatic rings. The monoisotopic (exact) mass is 315 g/mol. The summed E-state index contributed by atoms with van der Waals surface area (Å²) in [6.07, 6.45) is 4.10. The van der Waals surface area contributed by atoms with Crippen molar-refractivity contribution in [2.24, 2.45) is 0 Å². The molecule has 0 saturated carbocycles. The first-order chi connectivity index (χ1) is 11.2. The van der Waals surface area contributed by atoms with Gasteiger partial charge in [0.15, 0.2) is 6.61 Å². The topological polar surface area (TPSA) is 78.5 Å². The lowest BCUT2D eigenvalue weighted by molar-refractivity contribution is -0.139. The minimum atomic E-state index is -0.961. The van der Waals surface area contributed by atoms with Crippen LogP contribution in [0.4, 0.5) is 0 Å². The van der Waals surface area contributed by atoms with Crippen molar-refractivity contribution in [3.63, 3.8) is 0 Å². The smallest absolute Gasteiger partial charge is 0.341 e. The van der Waals surface area contributed by atoms with Crippen LogP contribution in [0.25, 0.3) is 0 Å². The molecular formula is C17H21N3O3. The first-order valence-electron chi connectivity index (χ1n) is 7.86. The number of aromatic amines is 1. The number of likely N-dealkylation sites (tertiary alicyclic amines) is 1. The van der Waals surface area contributed by atoms with Crippen molar-refractivity contribution in [2.45, 2.75) is 25.3 Å². The second-order valence-corrected chi connectivity index (χ2v) is 5.88. The average molecular weight is 315 g/mol. The molecule has 1 atom stereocenters. The van der Waals surface area contributed by atoms with Gasteiger partial charge in [-0.05, 0) is 31.5 Å². The zero-order chi connectivity index (χ0) is 16.1. The highest BCUT2D eigenvalue weighted by molar-refractivity contribution is 5.68. The summed E-state index contributed by atoms with van der Waals surface area (Å²) in [5.41, 5.74) is 2.21. The number of H-pyrrole nitrogens is 1. The molecular weight excluding hydrogens is 294 g/mol. The Bertz CT molecular complexity index is 642. The summed E-state index contributed by atoms with van der Waals surface area (Å²) in [5, 5.41) is 15.9. The van der Waals surface area contributed by atoms with E-state index >= 15 is 0 Å². The maximum atomic E-state index is 10.7. The molecule has 1 aromatic heterocycles. The molecule has 0 amide bonds. The van der Waals surface area contributed by atoms with E-state index in [4.69, 9.17) is 9.84 Å². The summed E-state index contributed by atoms with van der Waals surface area (Å²) in [6, 6.07) is 9.69. The number of carboxylic acids is 1. The molecule has 0 bridgehead atoms. The Labute approximate surface area is 135 Å². The number of piperidine rings is 1. The van der Waals surface area contributed by atoms with Crippen LogP contribution in [-0.2, 0) is 11.3 Å². The first-order valence-corrected chi connectivity index (χ1v) is 7.86. The normalized spacial score (nSPS) is 18.7. The molecule has 122 valence electrons. The van der Waals surface area contributed by atoms with Crippen LogP contribution in [0.3, 0.4) is 0 Å². The largest absolute Gasteiger partial charge is 0.482 e. The number of ether oxygens (including phenoxy) is 1. The molecule has 0 spiro atoms. The van der Waals surface area contributed by atoms with Crippen molar-refractivity contribution in [3.05, 3.63) is 47.8 Å². The fourth-order valence-electron chi connectivity index (χ4n) is 3.10. The number of carboxylic acid groups (broad SMARTS) is 1. The van der Waals surface area contributed by atoms with E-state index in [9.17, 15) is 4.79 Å². The van der Waals surface area contributed by atoms with Gasteiger partial charge >= 0.3 is 5.97 Å². The lowest BCUT2D eigenvalue weighted by Gasteiger charge is -2.32. The van der Waals surface area contributed by atoms with Gasteiger partial charge in [0.05, 0.1) is 0 Å². The Kier molecular flexibility index (Phi) is 4.92. The fourth-order valence-corrected chi connectivity index (χ4v) is 3.10. The van der Waals surface area contributed by atoms with E-state index in [-0.39, 0.29) is 6.61 Å². The van der Waals surface area contributed by atoms with Gasteiger partial charge in [0.1, 0.15) is 5.75 Å². The fraction of sp³-hybridized carbons (Fsp3) is 0.412. The van der Waals surface area contributed by atoms with Crippen LogP contribution in [0.5, 0.6) is 5.75 Å². The Morgan fingerprint density at radius 3 is 3.04 bits per heavy atom. The molecule has 1 unspecified atom stereocenters. The number of para-hydroxylation sites is 1. The molecule has 0 aliphatic carbocycles. The van der Waals surface area contributed by atoms with Gasteiger partial charge < -0.3 is 9.84 Å². The van der Waals surface area contributed by atoms with Gasteiger partial charge in [-0.3, -0.25) is 10.00 Å². The van der Waals surface area contributed by atoms with Gasteiger partial charge in [-0.25, -0.2) is 4.79 Å². The van der Waals surface area contributed by atoms with Crippen LogP contribution >= 0.6 is 0 Å². The predicted octanol–water partition coefficient (Wildman–Crippen LogP) is 2.25. The third-order valence-corrected chi connectivity index (χ3v) is 4.19. The molecule has 3 rings (SSSR count). The summed E-state index contributed by atoms with van der Waals surface area (Å²) >= 11 is 0. The number of benzene rings is 1. The van der Waals surface area contributed by atoms with Crippen LogP contribution in [0.2, 0.25) is 0 Å². The Morgan fingerprint density at radius 2 is 2.26 bits per heavy atom. The summed E-state index contributed by atoms with van der Waals surface area (Å²) in [5.74, 6) is 0.161. The second kappa shape index (κ2) is 7.28. The van der Waals surface area contributed by atoms with Crippen LogP contribution in [0, 0.1) is 0 Å². The molecule has 1 saturated heterocycles. The van der Waals surface area contributed by atoms with E-state index in [1.165, 1.54) is 5.69 Å². The highest BCUT2D eigenvalue weighted by Gasteiger charge is 2.23. The minimum absolute atomic E-state index is 0.312. The highest BCUT2D eigenvalue weighted by atomic mass is 16.5. The number of hydrogen-bond donors (Lipinski definition) is 2. The van der Waals surface area contributed by atoms with Crippen molar-refractivity contribution < 1.29 is 14.6 Å². The summed E-state index contributed by atoms with van der Waals surface area (Å²) in [6.45, 7) is 2.46. The Morgan fingerprint density at radius 1 is 1.39 bits per heavy atom. The summed E-state index contributed by atoms with van der Waals surface area (Å²) in [7, 11) is 0. The maximum Gasteiger partial charge on any atom is 0.341 e. The SMILES string of the molecule is O=C(O)COc1ccccc1CN1CCCC(c2ccn[nH]2)C1. The van der Waals surface area contributed by atoms with Crippen LogP contribution in [-0.4, -0.2) is 45.9 Å². The number of hydrogen-bond acceptors (Lipinski definition) is 4. The van der Waals surface area contributed by atoms with Gasteiger partial charge in [-0.2, -0.15) is 5.10 Å². The van der Waals surface area contributed by atoms with Crippen molar-refractivity contribution >= 4 is 5.97 Å².